The molecule has 25 heavy (non-hydrogen) atoms. The lowest BCUT2D eigenvalue weighted by atomic mass is 9.84. The zero-order chi connectivity index (χ0) is 17.9. The van der Waals surface area contributed by atoms with Gasteiger partial charge in [-0.25, -0.2) is 13.2 Å². The van der Waals surface area contributed by atoms with Crippen LogP contribution in [0, 0.1) is 0 Å². The fourth-order valence-electron chi connectivity index (χ4n) is 4.06. The van der Waals surface area contributed by atoms with E-state index in [1.165, 1.54) is 37.7 Å². The van der Waals surface area contributed by atoms with Gasteiger partial charge in [-0.15, -0.1) is 0 Å². The van der Waals surface area contributed by atoms with Gasteiger partial charge >= 0.3 is 6.03 Å². The number of hydrogen-bond acceptors (Lipinski definition) is 3. The van der Waals surface area contributed by atoms with Crippen LogP contribution in [0.4, 0.5) is 10.5 Å². The number of amides is 2. The number of anilines is 1. The van der Waals surface area contributed by atoms with Gasteiger partial charge in [0.2, 0.25) is 0 Å². The molecule has 2 fully saturated rings. The molecule has 5 nitrogen and oxygen atoms in total. The van der Waals surface area contributed by atoms with Crippen molar-refractivity contribution in [3.05, 3.63) is 29.8 Å². The highest BCUT2D eigenvalue weighted by atomic mass is 32.2. The van der Waals surface area contributed by atoms with Crippen molar-refractivity contribution in [3.63, 3.8) is 0 Å². The zero-order valence-electron chi connectivity index (χ0n) is 14.9. The molecule has 138 valence electrons. The highest BCUT2D eigenvalue weighted by Gasteiger charge is 2.33. The number of carbonyl (C=O) groups is 1. The Morgan fingerprint density at radius 3 is 2.36 bits per heavy atom. The maximum atomic E-state index is 12.5. The van der Waals surface area contributed by atoms with Crippen LogP contribution in [-0.2, 0) is 9.84 Å². The molecule has 0 radical (unpaired) electrons. The van der Waals surface area contributed by atoms with E-state index in [4.69, 9.17) is 0 Å². The van der Waals surface area contributed by atoms with Crippen LogP contribution < -0.4 is 5.32 Å². The molecular formula is C19H28N2O3S. The number of urea groups is 1. The molecule has 2 amide bonds. The topological polar surface area (TPSA) is 66.5 Å². The van der Waals surface area contributed by atoms with Gasteiger partial charge in [0.1, 0.15) is 0 Å². The molecule has 2 aliphatic rings. The van der Waals surface area contributed by atoms with Crippen LogP contribution in [0.1, 0.15) is 56.9 Å². The summed E-state index contributed by atoms with van der Waals surface area (Å²) in [6.07, 6.45) is 6.99. The van der Waals surface area contributed by atoms with Crippen molar-refractivity contribution >= 4 is 21.6 Å². The summed E-state index contributed by atoms with van der Waals surface area (Å²) in [7, 11) is -3.00. The van der Waals surface area contributed by atoms with Gasteiger partial charge in [0.25, 0.3) is 0 Å². The Labute approximate surface area is 150 Å². The fraction of sp³-hybridized carbons (Fsp3) is 0.632. The van der Waals surface area contributed by atoms with Crippen LogP contribution in [0.3, 0.4) is 0 Å². The lowest BCUT2D eigenvalue weighted by Gasteiger charge is -2.27. The first-order valence-corrected chi connectivity index (χ1v) is 11.2. The van der Waals surface area contributed by atoms with Crippen molar-refractivity contribution in [2.45, 2.75) is 57.4 Å². The number of nitrogens with zero attached hydrogens (tertiary/aromatic N) is 1. The van der Waals surface area contributed by atoms with Crippen LogP contribution in [-0.4, -0.2) is 43.4 Å². The molecule has 0 aromatic heterocycles. The van der Waals surface area contributed by atoms with E-state index in [2.05, 4.69) is 17.4 Å². The lowest BCUT2D eigenvalue weighted by Crippen LogP contribution is -2.43. The molecule has 1 aliphatic heterocycles. The van der Waals surface area contributed by atoms with Crippen molar-refractivity contribution in [3.8, 4) is 0 Å². The normalized spacial score (nSPS) is 23.3. The summed E-state index contributed by atoms with van der Waals surface area (Å²) in [5, 5.41) is 2.92. The molecule has 6 heteroatoms. The number of benzene rings is 1. The molecule has 1 saturated carbocycles. The summed E-state index contributed by atoms with van der Waals surface area (Å²) in [4.78, 5) is 14.2. The van der Waals surface area contributed by atoms with Gasteiger partial charge in [-0.1, -0.05) is 31.4 Å². The Balaban J connectivity index is 1.61. The minimum absolute atomic E-state index is 0.0783. The molecule has 1 saturated heterocycles. The van der Waals surface area contributed by atoms with Crippen molar-refractivity contribution < 1.29 is 13.2 Å². The van der Waals surface area contributed by atoms with E-state index >= 15 is 0 Å². The Bertz CT molecular complexity index is 694. The number of sulfone groups is 1. The van der Waals surface area contributed by atoms with E-state index in [0.29, 0.717) is 18.9 Å². The van der Waals surface area contributed by atoms with Crippen molar-refractivity contribution in [2.75, 3.05) is 23.4 Å². The van der Waals surface area contributed by atoms with Crippen LogP contribution >= 0.6 is 0 Å². The molecule has 0 spiro atoms. The van der Waals surface area contributed by atoms with Crippen molar-refractivity contribution in [1.82, 2.24) is 4.90 Å². The second-order valence-corrected chi connectivity index (χ2v) is 9.46. The Morgan fingerprint density at radius 1 is 1.12 bits per heavy atom. The average Bonchev–Trinajstić information content (AvgIpc) is 2.96. The molecule has 1 N–H and O–H groups in total. The highest BCUT2D eigenvalue weighted by molar-refractivity contribution is 7.91. The second kappa shape index (κ2) is 7.77. The minimum atomic E-state index is -3.00. The SMILES string of the molecule is CCN(C(=O)Nc1ccc(C2CCCCC2)cc1)C1CCS(=O)(=O)C1. The van der Waals surface area contributed by atoms with Gasteiger partial charge in [0.15, 0.2) is 9.84 Å². The first-order chi connectivity index (χ1) is 12.0. The third-order valence-corrected chi connectivity index (χ3v) is 7.24. The van der Waals surface area contributed by atoms with Crippen LogP contribution in [0.2, 0.25) is 0 Å². The second-order valence-electron chi connectivity index (χ2n) is 7.23. The molecule has 1 heterocycles. The number of nitrogens with one attached hydrogen (secondary N) is 1. The number of rotatable bonds is 4. The largest absolute Gasteiger partial charge is 0.322 e. The van der Waals surface area contributed by atoms with E-state index in [1.807, 2.05) is 19.1 Å². The standard InChI is InChI=1S/C19H28N2O3S/c1-2-21(18-12-13-25(23,24)14-18)19(22)20-17-10-8-16(9-11-17)15-6-4-3-5-7-15/h8-11,15,18H,2-7,12-14H2,1H3,(H,20,22). The van der Waals surface area contributed by atoms with Crippen molar-refractivity contribution in [1.29, 1.82) is 0 Å². The summed E-state index contributed by atoms with van der Waals surface area (Å²) in [5.41, 5.74) is 2.12. The smallest absolute Gasteiger partial charge is 0.321 e. The molecule has 1 aliphatic carbocycles. The highest BCUT2D eigenvalue weighted by Crippen LogP contribution is 2.33. The third kappa shape index (κ3) is 4.54. The Kier molecular flexibility index (Phi) is 5.67. The maximum Gasteiger partial charge on any atom is 0.322 e. The summed E-state index contributed by atoms with van der Waals surface area (Å²) >= 11 is 0. The van der Waals surface area contributed by atoms with Crippen molar-refractivity contribution in [2.24, 2.45) is 0 Å². The minimum Gasteiger partial charge on any atom is -0.321 e. The van der Waals surface area contributed by atoms with Gasteiger partial charge in [0.05, 0.1) is 11.5 Å². The molecule has 1 aromatic carbocycles. The third-order valence-electron chi connectivity index (χ3n) is 5.49. The quantitative estimate of drug-likeness (QED) is 0.884. The van der Waals surface area contributed by atoms with Crippen LogP contribution in [0.25, 0.3) is 0 Å². The van der Waals surface area contributed by atoms with Gasteiger partial charge in [0, 0.05) is 18.3 Å². The van der Waals surface area contributed by atoms with E-state index in [9.17, 15) is 13.2 Å². The van der Waals surface area contributed by atoms with E-state index in [1.54, 1.807) is 4.90 Å². The summed E-state index contributed by atoms with van der Waals surface area (Å²) in [5.74, 6) is 0.904. The predicted molar refractivity (Wildman–Crippen MR) is 101 cm³/mol. The molecule has 1 atom stereocenters. The van der Waals surface area contributed by atoms with Crippen LogP contribution in [0.15, 0.2) is 24.3 Å². The molecule has 1 aromatic rings. The number of carbonyl (C=O) groups excluding carboxylic acids is 1. The summed E-state index contributed by atoms with van der Waals surface area (Å²) < 4.78 is 23.3. The summed E-state index contributed by atoms with van der Waals surface area (Å²) in [6.45, 7) is 2.39. The van der Waals surface area contributed by atoms with E-state index < -0.39 is 9.84 Å². The molecule has 0 bridgehead atoms. The lowest BCUT2D eigenvalue weighted by molar-refractivity contribution is 0.197. The average molecular weight is 365 g/mol. The molecule has 1 unspecified atom stereocenters. The Morgan fingerprint density at radius 2 is 1.80 bits per heavy atom. The number of hydrogen-bond donors (Lipinski definition) is 1. The first-order valence-electron chi connectivity index (χ1n) is 9.36. The first kappa shape index (κ1) is 18.2. The van der Waals surface area contributed by atoms with Gasteiger partial charge in [-0.3, -0.25) is 0 Å². The maximum absolute atomic E-state index is 12.5. The molecule has 3 rings (SSSR count). The van der Waals surface area contributed by atoms with Gasteiger partial charge in [-0.05, 0) is 49.8 Å². The van der Waals surface area contributed by atoms with Crippen LogP contribution in [0.5, 0.6) is 0 Å². The van der Waals surface area contributed by atoms with E-state index in [0.717, 1.165) is 5.69 Å². The zero-order valence-corrected chi connectivity index (χ0v) is 15.7. The fourth-order valence-corrected chi connectivity index (χ4v) is 5.79. The van der Waals surface area contributed by atoms with Gasteiger partial charge < -0.3 is 10.2 Å². The Hall–Kier alpha value is -1.56. The molecular weight excluding hydrogens is 336 g/mol. The van der Waals surface area contributed by atoms with Gasteiger partial charge in [-0.2, -0.15) is 0 Å². The van der Waals surface area contributed by atoms with E-state index in [-0.39, 0.29) is 23.6 Å². The summed E-state index contributed by atoms with van der Waals surface area (Å²) in [6, 6.07) is 7.72. The monoisotopic (exact) mass is 364 g/mol. The predicted octanol–water partition coefficient (Wildman–Crippen LogP) is 3.78.